The summed E-state index contributed by atoms with van der Waals surface area (Å²) in [6.45, 7) is 0.113. The summed E-state index contributed by atoms with van der Waals surface area (Å²) in [5.74, 6) is 0.453. The standard InChI is InChI=1S/C10H7BrFN3O3/c11-4-1-5-9(17-3-16-5)7(8(4)12)10-14-6(2-13)18-15-10/h1H,2-3,13H2. The first-order chi connectivity index (χ1) is 8.70. The number of nitrogens with zero attached hydrogens (tertiary/aromatic N) is 2. The van der Waals surface area contributed by atoms with Crippen molar-refractivity contribution < 1.29 is 18.4 Å². The molecule has 2 aromatic rings. The van der Waals surface area contributed by atoms with Gasteiger partial charge in [0.15, 0.2) is 17.3 Å². The van der Waals surface area contributed by atoms with Crippen molar-refractivity contribution in [2.45, 2.75) is 6.54 Å². The smallest absolute Gasteiger partial charge is 0.240 e. The maximum absolute atomic E-state index is 14.1. The van der Waals surface area contributed by atoms with Crippen LogP contribution in [0.3, 0.4) is 0 Å². The highest BCUT2D eigenvalue weighted by Gasteiger charge is 2.28. The summed E-state index contributed by atoms with van der Waals surface area (Å²) in [6, 6.07) is 1.49. The minimum absolute atomic E-state index is 0.0276. The van der Waals surface area contributed by atoms with Gasteiger partial charge in [-0.3, -0.25) is 0 Å². The van der Waals surface area contributed by atoms with Crippen LogP contribution in [0.1, 0.15) is 5.89 Å². The average Bonchev–Trinajstić information content (AvgIpc) is 2.99. The summed E-state index contributed by atoms with van der Waals surface area (Å²) in [7, 11) is 0. The number of ether oxygens (including phenoxy) is 2. The van der Waals surface area contributed by atoms with Gasteiger partial charge < -0.3 is 19.7 Å². The zero-order chi connectivity index (χ0) is 12.7. The van der Waals surface area contributed by atoms with Crippen LogP contribution in [0.5, 0.6) is 11.5 Å². The summed E-state index contributed by atoms with van der Waals surface area (Å²) in [5, 5.41) is 3.67. The number of benzene rings is 1. The Morgan fingerprint density at radius 3 is 3.00 bits per heavy atom. The molecule has 0 spiro atoms. The average molecular weight is 316 g/mol. The van der Waals surface area contributed by atoms with Crippen LogP contribution in [0.15, 0.2) is 15.1 Å². The van der Waals surface area contributed by atoms with E-state index in [9.17, 15) is 4.39 Å². The third-order valence-corrected chi connectivity index (χ3v) is 3.00. The molecule has 6 nitrogen and oxygen atoms in total. The van der Waals surface area contributed by atoms with Crippen LogP contribution >= 0.6 is 15.9 Å². The third kappa shape index (κ3) is 1.65. The van der Waals surface area contributed by atoms with Crippen molar-refractivity contribution in [2.24, 2.45) is 5.73 Å². The molecule has 8 heteroatoms. The molecule has 2 heterocycles. The molecule has 0 saturated carbocycles. The maximum atomic E-state index is 14.1. The molecule has 1 aromatic heterocycles. The van der Waals surface area contributed by atoms with Gasteiger partial charge in [-0.1, -0.05) is 5.16 Å². The molecule has 0 fully saturated rings. The fraction of sp³-hybridized carbons (Fsp3) is 0.200. The van der Waals surface area contributed by atoms with E-state index in [1.54, 1.807) is 0 Å². The Balaban J connectivity index is 2.21. The van der Waals surface area contributed by atoms with Crippen LogP contribution in [0.4, 0.5) is 4.39 Å². The second-order valence-electron chi connectivity index (χ2n) is 3.50. The van der Waals surface area contributed by atoms with Gasteiger partial charge in [-0.25, -0.2) is 4.39 Å². The van der Waals surface area contributed by atoms with E-state index in [4.69, 9.17) is 19.7 Å². The van der Waals surface area contributed by atoms with Crippen LogP contribution < -0.4 is 15.2 Å². The Morgan fingerprint density at radius 2 is 2.28 bits per heavy atom. The second-order valence-corrected chi connectivity index (χ2v) is 4.35. The van der Waals surface area contributed by atoms with Crippen LogP contribution in [-0.4, -0.2) is 16.9 Å². The van der Waals surface area contributed by atoms with Crippen LogP contribution in [0.2, 0.25) is 0 Å². The lowest BCUT2D eigenvalue weighted by atomic mass is 10.1. The van der Waals surface area contributed by atoms with Gasteiger partial charge in [-0.05, 0) is 15.9 Å². The maximum Gasteiger partial charge on any atom is 0.240 e. The molecule has 1 aromatic carbocycles. The number of aromatic nitrogens is 2. The molecule has 1 aliphatic heterocycles. The monoisotopic (exact) mass is 315 g/mol. The highest BCUT2D eigenvalue weighted by Crippen LogP contribution is 2.44. The summed E-state index contributed by atoms with van der Waals surface area (Å²) < 4.78 is 29.6. The minimum atomic E-state index is -0.538. The number of nitrogens with two attached hydrogens (primary N) is 1. The molecule has 1 aliphatic rings. The molecule has 0 saturated heterocycles. The fourth-order valence-corrected chi connectivity index (χ4v) is 2.03. The molecule has 0 bridgehead atoms. The van der Waals surface area contributed by atoms with E-state index in [-0.39, 0.29) is 40.8 Å². The Bertz CT molecular complexity index is 617. The zero-order valence-corrected chi connectivity index (χ0v) is 10.5. The van der Waals surface area contributed by atoms with Crippen LogP contribution in [0.25, 0.3) is 11.4 Å². The molecule has 0 aliphatic carbocycles. The number of fused-ring (bicyclic) bond motifs is 1. The zero-order valence-electron chi connectivity index (χ0n) is 8.94. The number of hydrogen-bond acceptors (Lipinski definition) is 6. The predicted octanol–water partition coefficient (Wildman–Crippen LogP) is 1.83. The summed E-state index contributed by atoms with van der Waals surface area (Å²) in [6.07, 6.45) is 0. The van der Waals surface area contributed by atoms with Crippen molar-refractivity contribution >= 4 is 15.9 Å². The molecule has 0 unspecified atom stereocenters. The summed E-state index contributed by atoms with van der Waals surface area (Å²) in [4.78, 5) is 3.98. The SMILES string of the molecule is NCc1nc(-c2c(F)c(Br)cc3c2OCO3)no1. The van der Waals surface area contributed by atoms with Crippen molar-refractivity contribution in [3.63, 3.8) is 0 Å². The normalized spacial score (nSPS) is 13.1. The molecule has 0 atom stereocenters. The van der Waals surface area contributed by atoms with Crippen LogP contribution in [0, 0.1) is 5.82 Å². The third-order valence-electron chi connectivity index (χ3n) is 2.42. The number of rotatable bonds is 2. The van der Waals surface area contributed by atoms with Gasteiger partial charge in [-0.15, -0.1) is 0 Å². The molecule has 18 heavy (non-hydrogen) atoms. The molecular formula is C10H7BrFN3O3. The largest absolute Gasteiger partial charge is 0.454 e. The quantitative estimate of drug-likeness (QED) is 0.910. The van der Waals surface area contributed by atoms with Gasteiger partial charge in [-0.2, -0.15) is 4.98 Å². The fourth-order valence-electron chi connectivity index (χ4n) is 1.63. The Labute approximate surface area is 109 Å². The van der Waals surface area contributed by atoms with Gasteiger partial charge in [0.2, 0.25) is 18.5 Å². The van der Waals surface area contributed by atoms with Gasteiger partial charge in [0.05, 0.1) is 11.0 Å². The highest BCUT2D eigenvalue weighted by atomic mass is 79.9. The van der Waals surface area contributed by atoms with E-state index < -0.39 is 5.82 Å². The minimum Gasteiger partial charge on any atom is -0.454 e. The van der Waals surface area contributed by atoms with Crippen molar-refractivity contribution in [1.82, 2.24) is 10.1 Å². The molecule has 0 radical (unpaired) electrons. The molecular weight excluding hydrogens is 309 g/mol. The topological polar surface area (TPSA) is 83.4 Å². The predicted molar refractivity (Wildman–Crippen MR) is 61.4 cm³/mol. The highest BCUT2D eigenvalue weighted by molar-refractivity contribution is 9.10. The molecule has 2 N–H and O–H groups in total. The lowest BCUT2D eigenvalue weighted by Gasteiger charge is -2.04. The first-order valence-corrected chi connectivity index (χ1v) is 5.80. The Hall–Kier alpha value is -1.67. The van der Waals surface area contributed by atoms with Crippen molar-refractivity contribution in [2.75, 3.05) is 6.79 Å². The van der Waals surface area contributed by atoms with Gasteiger partial charge in [0.25, 0.3) is 0 Å². The van der Waals surface area contributed by atoms with E-state index in [2.05, 4.69) is 26.1 Å². The van der Waals surface area contributed by atoms with E-state index in [1.165, 1.54) is 6.07 Å². The lowest BCUT2D eigenvalue weighted by Crippen LogP contribution is -1.97. The first-order valence-electron chi connectivity index (χ1n) is 5.01. The molecule has 94 valence electrons. The lowest BCUT2D eigenvalue weighted by molar-refractivity contribution is 0.174. The van der Waals surface area contributed by atoms with Gasteiger partial charge in [0.1, 0.15) is 5.56 Å². The van der Waals surface area contributed by atoms with E-state index in [1.807, 2.05) is 0 Å². The number of halogens is 2. The summed E-state index contributed by atoms with van der Waals surface area (Å²) in [5.41, 5.74) is 5.46. The number of hydrogen-bond donors (Lipinski definition) is 1. The van der Waals surface area contributed by atoms with E-state index in [0.29, 0.717) is 5.75 Å². The molecule has 3 rings (SSSR count). The Morgan fingerprint density at radius 1 is 1.44 bits per heavy atom. The summed E-state index contributed by atoms with van der Waals surface area (Å²) >= 11 is 3.10. The Kier molecular flexibility index (Phi) is 2.67. The van der Waals surface area contributed by atoms with E-state index >= 15 is 0 Å². The second kappa shape index (κ2) is 4.21. The first kappa shape index (κ1) is 11.4. The van der Waals surface area contributed by atoms with Gasteiger partial charge >= 0.3 is 0 Å². The van der Waals surface area contributed by atoms with Crippen molar-refractivity contribution in [3.05, 3.63) is 22.2 Å². The van der Waals surface area contributed by atoms with Crippen molar-refractivity contribution in [1.29, 1.82) is 0 Å². The van der Waals surface area contributed by atoms with Gasteiger partial charge in [0, 0.05) is 6.07 Å². The van der Waals surface area contributed by atoms with Crippen LogP contribution in [-0.2, 0) is 6.54 Å². The van der Waals surface area contributed by atoms with E-state index in [0.717, 1.165) is 0 Å². The van der Waals surface area contributed by atoms with Crippen molar-refractivity contribution in [3.8, 4) is 22.9 Å². The molecule has 0 amide bonds.